The normalized spacial score (nSPS) is 11.9. The molecule has 0 aliphatic rings. The fourth-order valence-corrected chi connectivity index (χ4v) is 2.68. The lowest BCUT2D eigenvalue weighted by Gasteiger charge is -2.07. The molecule has 0 saturated carbocycles. The van der Waals surface area contributed by atoms with Crippen molar-refractivity contribution in [2.75, 3.05) is 6.61 Å². The fourth-order valence-electron chi connectivity index (χ4n) is 1.95. The van der Waals surface area contributed by atoms with Crippen LogP contribution in [0.15, 0.2) is 58.6 Å². The Morgan fingerprint density at radius 3 is 2.00 bits per heavy atom. The molecule has 0 aliphatic heterocycles. The van der Waals surface area contributed by atoms with Gasteiger partial charge < -0.3 is 4.74 Å². The predicted molar refractivity (Wildman–Crippen MR) is 93.8 cm³/mol. The summed E-state index contributed by atoms with van der Waals surface area (Å²) in [6.07, 6.45) is 0. The summed E-state index contributed by atoms with van der Waals surface area (Å²) in [6.45, 7) is 5.51. The number of rotatable bonds is 6. The number of carbonyl (C=O) groups is 1. The number of nitrogens with zero attached hydrogens (tertiary/aromatic N) is 1. The van der Waals surface area contributed by atoms with E-state index in [9.17, 15) is 13.2 Å². The van der Waals surface area contributed by atoms with Gasteiger partial charge in [0, 0.05) is 5.56 Å². The van der Waals surface area contributed by atoms with Crippen LogP contribution in [0.5, 0.6) is 0 Å². The molecule has 0 spiro atoms. The SMILES string of the molecule is CCOC(=O)/C(=N/OS(=O)(=O)c1ccc(C)cc1)c1ccc(C)cc1. The van der Waals surface area contributed by atoms with Crippen molar-refractivity contribution in [2.24, 2.45) is 5.16 Å². The summed E-state index contributed by atoms with van der Waals surface area (Å²) in [5.41, 5.74) is 2.09. The summed E-state index contributed by atoms with van der Waals surface area (Å²) in [4.78, 5) is 12.1. The van der Waals surface area contributed by atoms with E-state index in [2.05, 4.69) is 5.16 Å². The number of oxime groups is 1. The Balaban J connectivity index is 2.35. The Morgan fingerprint density at radius 2 is 1.48 bits per heavy atom. The Kier molecular flexibility index (Phi) is 5.93. The Bertz CT molecular complexity index is 869. The van der Waals surface area contributed by atoms with Gasteiger partial charge in [-0.2, -0.15) is 8.42 Å². The van der Waals surface area contributed by atoms with Gasteiger partial charge in [-0.3, -0.25) is 4.28 Å². The van der Waals surface area contributed by atoms with Gasteiger partial charge in [0.1, 0.15) is 4.90 Å². The molecule has 7 heteroatoms. The quantitative estimate of drug-likeness (QED) is 0.449. The van der Waals surface area contributed by atoms with E-state index in [1.807, 2.05) is 13.8 Å². The highest BCUT2D eigenvalue weighted by Gasteiger charge is 2.20. The van der Waals surface area contributed by atoms with Gasteiger partial charge in [-0.05, 0) is 32.9 Å². The Hall–Kier alpha value is -2.67. The zero-order valence-electron chi connectivity index (χ0n) is 14.2. The minimum Gasteiger partial charge on any atom is -0.461 e. The summed E-state index contributed by atoms with van der Waals surface area (Å²) in [7, 11) is -4.13. The molecule has 6 nitrogen and oxygen atoms in total. The molecule has 0 heterocycles. The minimum atomic E-state index is -4.13. The van der Waals surface area contributed by atoms with Crippen molar-refractivity contribution < 1.29 is 22.2 Å². The van der Waals surface area contributed by atoms with Gasteiger partial charge >= 0.3 is 16.1 Å². The predicted octanol–water partition coefficient (Wildman–Crippen LogP) is 2.98. The minimum absolute atomic E-state index is 0.0473. The number of aryl methyl sites for hydroxylation is 2. The number of ether oxygens (including phenoxy) is 1. The zero-order valence-corrected chi connectivity index (χ0v) is 15.0. The highest BCUT2D eigenvalue weighted by Crippen LogP contribution is 2.15. The average Bonchev–Trinajstić information content (AvgIpc) is 2.57. The molecular weight excluding hydrogens is 342 g/mol. The van der Waals surface area contributed by atoms with Gasteiger partial charge in [-0.1, -0.05) is 52.7 Å². The van der Waals surface area contributed by atoms with Crippen LogP contribution in [0.3, 0.4) is 0 Å². The first-order chi connectivity index (χ1) is 11.8. The molecule has 0 bridgehead atoms. The summed E-state index contributed by atoms with van der Waals surface area (Å²) < 4.78 is 34.1. The van der Waals surface area contributed by atoms with Crippen LogP contribution in [0, 0.1) is 13.8 Å². The van der Waals surface area contributed by atoms with Crippen LogP contribution in [0.2, 0.25) is 0 Å². The van der Waals surface area contributed by atoms with Crippen molar-refractivity contribution in [1.29, 1.82) is 0 Å². The maximum Gasteiger partial charge on any atom is 0.361 e. The summed E-state index contributed by atoms with van der Waals surface area (Å²) in [5.74, 6) is -0.759. The summed E-state index contributed by atoms with van der Waals surface area (Å²) in [6, 6.07) is 13.0. The molecular formula is C18H19NO5S. The topological polar surface area (TPSA) is 82.0 Å². The first-order valence-corrected chi connectivity index (χ1v) is 9.07. The van der Waals surface area contributed by atoms with Gasteiger partial charge in [0.25, 0.3) is 0 Å². The van der Waals surface area contributed by atoms with Crippen molar-refractivity contribution in [3.05, 3.63) is 65.2 Å². The van der Waals surface area contributed by atoms with Crippen molar-refractivity contribution in [1.82, 2.24) is 0 Å². The third-order valence-corrected chi connectivity index (χ3v) is 4.45. The Labute approximate surface area is 147 Å². The largest absolute Gasteiger partial charge is 0.461 e. The summed E-state index contributed by atoms with van der Waals surface area (Å²) in [5, 5.41) is 3.57. The van der Waals surface area contributed by atoms with E-state index in [0.29, 0.717) is 5.56 Å². The second-order valence-corrected chi connectivity index (χ2v) is 6.90. The highest BCUT2D eigenvalue weighted by molar-refractivity contribution is 7.86. The smallest absolute Gasteiger partial charge is 0.361 e. The molecule has 0 aliphatic carbocycles. The maximum atomic E-state index is 12.2. The van der Waals surface area contributed by atoms with Crippen LogP contribution in [0.4, 0.5) is 0 Å². The van der Waals surface area contributed by atoms with Crippen molar-refractivity contribution in [3.8, 4) is 0 Å². The second kappa shape index (κ2) is 7.94. The number of hydrogen-bond donors (Lipinski definition) is 0. The second-order valence-electron chi connectivity index (χ2n) is 5.37. The first-order valence-electron chi connectivity index (χ1n) is 7.66. The molecule has 0 amide bonds. The molecule has 132 valence electrons. The van der Waals surface area contributed by atoms with Gasteiger partial charge in [0.05, 0.1) is 6.61 Å². The van der Waals surface area contributed by atoms with Crippen LogP contribution in [-0.4, -0.2) is 26.7 Å². The molecule has 2 aromatic carbocycles. The molecule has 0 saturated heterocycles. The number of hydrogen-bond acceptors (Lipinski definition) is 6. The maximum absolute atomic E-state index is 12.2. The van der Waals surface area contributed by atoms with E-state index in [1.165, 1.54) is 12.1 Å². The summed E-state index contributed by atoms with van der Waals surface area (Å²) >= 11 is 0. The zero-order chi connectivity index (χ0) is 18.4. The van der Waals surface area contributed by atoms with E-state index in [0.717, 1.165) is 11.1 Å². The van der Waals surface area contributed by atoms with E-state index >= 15 is 0 Å². The van der Waals surface area contributed by atoms with Gasteiger partial charge in [0.2, 0.25) is 0 Å². The molecule has 0 aromatic heterocycles. The molecule has 0 N–H and O–H groups in total. The van der Waals surface area contributed by atoms with Crippen LogP contribution >= 0.6 is 0 Å². The highest BCUT2D eigenvalue weighted by atomic mass is 32.2. The van der Waals surface area contributed by atoms with Crippen molar-refractivity contribution >= 4 is 21.8 Å². The first kappa shape index (κ1) is 18.7. The molecule has 0 unspecified atom stereocenters. The van der Waals surface area contributed by atoms with Crippen LogP contribution in [-0.2, 0) is 23.9 Å². The molecule has 0 atom stereocenters. The van der Waals surface area contributed by atoms with E-state index < -0.39 is 16.1 Å². The monoisotopic (exact) mass is 361 g/mol. The van der Waals surface area contributed by atoms with E-state index in [4.69, 9.17) is 9.02 Å². The van der Waals surface area contributed by atoms with Gasteiger partial charge in [-0.25, -0.2) is 4.79 Å². The van der Waals surface area contributed by atoms with Crippen molar-refractivity contribution in [2.45, 2.75) is 25.7 Å². The molecule has 0 fully saturated rings. The Morgan fingerprint density at radius 1 is 0.960 bits per heavy atom. The van der Waals surface area contributed by atoms with Crippen LogP contribution in [0.1, 0.15) is 23.6 Å². The molecule has 25 heavy (non-hydrogen) atoms. The van der Waals surface area contributed by atoms with Crippen LogP contribution in [0.25, 0.3) is 0 Å². The number of benzene rings is 2. The van der Waals surface area contributed by atoms with E-state index in [-0.39, 0.29) is 17.2 Å². The lowest BCUT2D eigenvalue weighted by molar-refractivity contribution is -0.135. The third kappa shape index (κ3) is 4.90. The number of carbonyl (C=O) groups excluding carboxylic acids is 1. The van der Waals surface area contributed by atoms with Crippen molar-refractivity contribution in [3.63, 3.8) is 0 Å². The van der Waals surface area contributed by atoms with Crippen LogP contribution < -0.4 is 0 Å². The van der Waals surface area contributed by atoms with Gasteiger partial charge in [-0.15, -0.1) is 0 Å². The standard InChI is InChI=1S/C18H19NO5S/c1-4-23-18(20)17(15-9-5-13(2)6-10-15)19-24-25(21,22)16-11-7-14(3)8-12-16/h5-12H,4H2,1-3H3/b19-17+. The average molecular weight is 361 g/mol. The lowest BCUT2D eigenvalue weighted by atomic mass is 10.1. The van der Waals surface area contributed by atoms with Gasteiger partial charge in [0.15, 0.2) is 5.71 Å². The van der Waals surface area contributed by atoms with E-state index in [1.54, 1.807) is 43.3 Å². The molecule has 2 rings (SSSR count). The lowest BCUT2D eigenvalue weighted by Crippen LogP contribution is -2.20. The fraction of sp³-hybridized carbons (Fsp3) is 0.222. The number of esters is 1. The third-order valence-electron chi connectivity index (χ3n) is 3.33. The molecule has 2 aromatic rings. The molecule has 0 radical (unpaired) electrons.